The molecule has 0 atom stereocenters. The minimum atomic E-state index is -1.22. The maximum atomic E-state index is 11.1. The summed E-state index contributed by atoms with van der Waals surface area (Å²) in [5.41, 5.74) is 4.40. The standard InChI is InChI=1S/C15H14Cl2N2O2S.C13H9Cl3N2O2/c1-3-22-14-11(8(2)18-13(19-14)15(20)21)6-9-4-5-10(16)7-12(9)17;1-6-9(11(16)18-12(17-6)13(19)20)4-7-2-3-8(14)5-10(7)15/h4-5,7H,3,6H2,1-2H3,(H,20,21);2-3,5H,4H2,1H3,(H,19,20). The maximum absolute atomic E-state index is 11.1. The molecule has 4 rings (SSSR count). The molecule has 14 heteroatoms. The molecule has 2 aromatic heterocycles. The van der Waals surface area contributed by atoms with Crippen LogP contribution in [0.5, 0.6) is 0 Å². The number of aromatic nitrogens is 4. The van der Waals surface area contributed by atoms with Crippen LogP contribution in [0.4, 0.5) is 0 Å². The highest BCUT2D eigenvalue weighted by molar-refractivity contribution is 7.99. The number of thioether (sulfide) groups is 1. The van der Waals surface area contributed by atoms with Crippen LogP contribution in [0.15, 0.2) is 41.4 Å². The normalized spacial score (nSPS) is 10.7. The molecule has 0 fully saturated rings. The van der Waals surface area contributed by atoms with Crippen LogP contribution in [0.3, 0.4) is 0 Å². The first-order valence-corrected chi connectivity index (χ1v) is 15.1. The third-order valence-corrected chi connectivity index (χ3v) is 8.15. The fraction of sp³-hybridized carbons (Fsp3) is 0.214. The Hall–Kier alpha value is -2.66. The van der Waals surface area contributed by atoms with Crippen LogP contribution in [-0.2, 0) is 12.8 Å². The highest BCUT2D eigenvalue weighted by atomic mass is 35.5. The number of carboxylic acid groups (broad SMARTS) is 2. The highest BCUT2D eigenvalue weighted by Crippen LogP contribution is 2.29. The number of carboxylic acids is 2. The second kappa shape index (κ2) is 15.2. The third-order valence-electron chi connectivity index (χ3n) is 5.77. The molecule has 2 heterocycles. The molecule has 0 aliphatic carbocycles. The van der Waals surface area contributed by atoms with Gasteiger partial charge in [-0.3, -0.25) is 0 Å². The lowest BCUT2D eigenvalue weighted by molar-refractivity contribution is 0.0672. The Morgan fingerprint density at radius 2 is 1.17 bits per heavy atom. The van der Waals surface area contributed by atoms with Gasteiger partial charge in [-0.1, -0.05) is 77.1 Å². The number of aromatic carboxylic acids is 2. The van der Waals surface area contributed by atoms with Crippen molar-refractivity contribution in [1.29, 1.82) is 0 Å². The van der Waals surface area contributed by atoms with Gasteiger partial charge in [0.2, 0.25) is 11.6 Å². The summed E-state index contributed by atoms with van der Waals surface area (Å²) in [7, 11) is 0. The van der Waals surface area contributed by atoms with Crippen molar-refractivity contribution in [2.45, 2.75) is 38.6 Å². The smallest absolute Gasteiger partial charge is 0.373 e. The Kier molecular flexibility index (Phi) is 12.2. The summed E-state index contributed by atoms with van der Waals surface area (Å²) in [5, 5.41) is 20.9. The molecule has 8 nitrogen and oxygen atoms in total. The van der Waals surface area contributed by atoms with Gasteiger partial charge in [0, 0.05) is 55.4 Å². The monoisotopic (exact) mass is 686 g/mol. The van der Waals surface area contributed by atoms with E-state index in [-0.39, 0.29) is 16.8 Å². The summed E-state index contributed by atoms with van der Waals surface area (Å²) >= 11 is 31.6. The number of benzene rings is 2. The van der Waals surface area contributed by atoms with E-state index in [0.717, 1.165) is 22.4 Å². The van der Waals surface area contributed by atoms with Crippen LogP contribution < -0.4 is 0 Å². The number of aryl methyl sites for hydroxylation is 2. The predicted molar refractivity (Wildman–Crippen MR) is 167 cm³/mol. The van der Waals surface area contributed by atoms with Crippen LogP contribution in [0.1, 0.15) is 61.8 Å². The lowest BCUT2D eigenvalue weighted by Gasteiger charge is -2.12. The van der Waals surface area contributed by atoms with E-state index >= 15 is 0 Å². The van der Waals surface area contributed by atoms with E-state index in [4.69, 9.17) is 68.2 Å². The van der Waals surface area contributed by atoms with Gasteiger partial charge in [0.15, 0.2) is 0 Å². The molecule has 2 N–H and O–H groups in total. The van der Waals surface area contributed by atoms with Gasteiger partial charge in [0.25, 0.3) is 0 Å². The van der Waals surface area contributed by atoms with Crippen molar-refractivity contribution in [2.75, 3.05) is 5.75 Å². The van der Waals surface area contributed by atoms with Crippen LogP contribution in [0.25, 0.3) is 0 Å². The molecule has 0 unspecified atom stereocenters. The molecule has 0 radical (unpaired) electrons. The molecule has 0 bridgehead atoms. The maximum Gasteiger partial charge on any atom is 0.373 e. The minimum absolute atomic E-state index is 0.112. The fourth-order valence-corrected chi connectivity index (χ4v) is 5.75. The molecule has 4 aromatic rings. The number of nitrogens with zero attached hydrogens (tertiary/aromatic N) is 4. The van der Waals surface area contributed by atoms with Crippen molar-refractivity contribution in [3.63, 3.8) is 0 Å². The van der Waals surface area contributed by atoms with Gasteiger partial charge in [-0.25, -0.2) is 29.5 Å². The van der Waals surface area contributed by atoms with Gasteiger partial charge in [-0.05, 0) is 55.0 Å². The SMILES string of the molecule is CCSc1nc(C(=O)O)nc(C)c1Cc1ccc(Cl)cc1Cl.Cc1nc(C(=O)O)nc(Cl)c1Cc1ccc(Cl)cc1Cl. The molecule has 220 valence electrons. The Balaban J connectivity index is 0.000000231. The zero-order chi connectivity index (χ0) is 31.1. The number of hydrogen-bond donors (Lipinski definition) is 2. The third kappa shape index (κ3) is 8.92. The second-order valence-corrected chi connectivity index (χ2v) is 12.0. The van der Waals surface area contributed by atoms with Crippen LogP contribution in [0.2, 0.25) is 25.2 Å². The zero-order valence-corrected chi connectivity index (χ0v) is 27.0. The number of halogens is 5. The van der Waals surface area contributed by atoms with Crippen LogP contribution in [-0.4, -0.2) is 47.8 Å². The van der Waals surface area contributed by atoms with E-state index in [1.165, 1.54) is 11.8 Å². The lowest BCUT2D eigenvalue weighted by Crippen LogP contribution is -2.10. The van der Waals surface area contributed by atoms with Gasteiger partial charge in [0.05, 0.1) is 0 Å². The number of carbonyl (C=O) groups is 2. The van der Waals surface area contributed by atoms with Crippen LogP contribution in [0, 0.1) is 13.8 Å². The topological polar surface area (TPSA) is 126 Å². The minimum Gasteiger partial charge on any atom is -0.475 e. The number of hydrogen-bond acceptors (Lipinski definition) is 7. The van der Waals surface area contributed by atoms with E-state index < -0.39 is 11.9 Å². The molecular weight excluding hydrogens is 666 g/mol. The second-order valence-electron chi connectivity index (χ2n) is 8.69. The summed E-state index contributed by atoms with van der Waals surface area (Å²) < 4.78 is 0. The summed E-state index contributed by atoms with van der Waals surface area (Å²) in [4.78, 5) is 37.8. The van der Waals surface area contributed by atoms with E-state index in [1.807, 2.05) is 13.0 Å². The molecule has 0 saturated carbocycles. The largest absolute Gasteiger partial charge is 0.475 e. The molecule has 0 amide bonds. The predicted octanol–water partition coefficient (Wildman–Crippen LogP) is 8.53. The summed E-state index contributed by atoms with van der Waals surface area (Å²) in [6.45, 7) is 5.45. The van der Waals surface area contributed by atoms with E-state index in [0.29, 0.717) is 54.9 Å². The molecule has 2 aromatic carbocycles. The van der Waals surface area contributed by atoms with Gasteiger partial charge in [-0.15, -0.1) is 11.8 Å². The zero-order valence-electron chi connectivity index (χ0n) is 22.4. The van der Waals surface area contributed by atoms with E-state index in [1.54, 1.807) is 44.2 Å². The van der Waals surface area contributed by atoms with Gasteiger partial charge in [-0.2, -0.15) is 0 Å². The first-order valence-electron chi connectivity index (χ1n) is 12.2. The summed E-state index contributed by atoms with van der Waals surface area (Å²) in [6, 6.07) is 10.5. The Morgan fingerprint density at radius 1 is 0.714 bits per heavy atom. The van der Waals surface area contributed by atoms with Crippen molar-refractivity contribution >= 4 is 81.7 Å². The quantitative estimate of drug-likeness (QED) is 0.138. The molecule has 0 aliphatic heterocycles. The fourth-order valence-electron chi connectivity index (χ4n) is 3.69. The Morgan fingerprint density at radius 3 is 1.60 bits per heavy atom. The highest BCUT2D eigenvalue weighted by Gasteiger charge is 2.18. The van der Waals surface area contributed by atoms with Gasteiger partial charge < -0.3 is 10.2 Å². The molecule has 0 aliphatic rings. The first-order chi connectivity index (χ1) is 19.8. The molecule has 0 saturated heterocycles. The van der Waals surface area contributed by atoms with E-state index in [2.05, 4.69) is 19.9 Å². The van der Waals surface area contributed by atoms with Crippen molar-refractivity contribution in [3.05, 3.63) is 107 Å². The number of rotatable bonds is 8. The molecule has 42 heavy (non-hydrogen) atoms. The summed E-state index contributed by atoms with van der Waals surface area (Å²) in [5.74, 6) is -2.06. The van der Waals surface area contributed by atoms with Crippen molar-refractivity contribution in [1.82, 2.24) is 19.9 Å². The van der Waals surface area contributed by atoms with Gasteiger partial charge >= 0.3 is 11.9 Å². The average Bonchev–Trinajstić information content (AvgIpc) is 2.90. The van der Waals surface area contributed by atoms with Crippen molar-refractivity contribution < 1.29 is 19.8 Å². The summed E-state index contributed by atoms with van der Waals surface area (Å²) in [6.07, 6.45) is 0.935. The first kappa shape index (κ1) is 33.8. The van der Waals surface area contributed by atoms with E-state index in [9.17, 15) is 9.59 Å². The Bertz CT molecular complexity index is 1630. The van der Waals surface area contributed by atoms with Gasteiger partial charge in [0.1, 0.15) is 10.2 Å². The molecular formula is C28H23Cl5N4O4S. The van der Waals surface area contributed by atoms with Crippen molar-refractivity contribution in [2.24, 2.45) is 0 Å². The lowest BCUT2D eigenvalue weighted by atomic mass is 10.1. The van der Waals surface area contributed by atoms with Crippen LogP contribution >= 0.6 is 69.8 Å². The van der Waals surface area contributed by atoms with Crippen molar-refractivity contribution in [3.8, 4) is 0 Å². The molecule has 0 spiro atoms. The average molecular weight is 689 g/mol. The Labute approximate surface area is 271 Å².